The number of aromatic nitrogens is 1. The van der Waals surface area contributed by atoms with Crippen LogP contribution in [0.4, 0.5) is 5.13 Å². The Hall–Kier alpha value is -3.83. The topological polar surface area (TPSA) is 45.6 Å². The zero-order chi connectivity index (χ0) is 21.2. The second-order valence-corrected chi connectivity index (χ2v) is 8.28. The molecule has 0 aliphatic heterocycles. The number of anilines is 1. The summed E-state index contributed by atoms with van der Waals surface area (Å²) in [4.78, 5) is 18.4. The van der Waals surface area contributed by atoms with Crippen LogP contribution in [0.25, 0.3) is 21.0 Å². The molecule has 4 aromatic carbocycles. The molecule has 0 spiro atoms. The average Bonchev–Trinajstić information content (AvgIpc) is 3.22. The van der Waals surface area contributed by atoms with Gasteiger partial charge in [-0.1, -0.05) is 84.1 Å². The Kier molecular flexibility index (Phi) is 5.02. The molecule has 0 radical (unpaired) electrons. The summed E-state index contributed by atoms with van der Waals surface area (Å²) in [5.41, 5.74) is 3.52. The fourth-order valence-corrected chi connectivity index (χ4v) is 4.51. The minimum absolute atomic E-state index is 0.209. The molecule has 1 aromatic heterocycles. The van der Waals surface area contributed by atoms with Gasteiger partial charge in [0.05, 0.1) is 16.4 Å². The van der Waals surface area contributed by atoms with Gasteiger partial charge in [0.1, 0.15) is 0 Å². The summed E-state index contributed by atoms with van der Waals surface area (Å²) in [6.45, 7) is 2.05. The molecule has 4 nitrogen and oxygen atoms in total. The first-order valence-corrected chi connectivity index (χ1v) is 10.8. The normalized spacial score (nSPS) is 11.4. The molecule has 0 unspecified atom stereocenters. The lowest BCUT2D eigenvalue weighted by molar-refractivity contribution is 0.0989. The summed E-state index contributed by atoms with van der Waals surface area (Å²) in [6, 6.07) is 29.4. The fourth-order valence-electron chi connectivity index (χ4n) is 3.49. The average molecular weight is 422 g/mol. The molecule has 5 aromatic rings. The lowest BCUT2D eigenvalue weighted by Crippen LogP contribution is -2.25. The number of rotatable bonds is 4. The molecule has 0 aliphatic carbocycles. The maximum atomic E-state index is 13.7. The van der Waals surface area contributed by atoms with Gasteiger partial charge in [-0.3, -0.25) is 4.79 Å². The minimum Gasteiger partial charge on any atom is -0.267 e. The van der Waals surface area contributed by atoms with E-state index >= 15 is 0 Å². The largest absolute Gasteiger partial charge is 0.281 e. The van der Waals surface area contributed by atoms with E-state index in [9.17, 15) is 4.79 Å². The van der Waals surface area contributed by atoms with E-state index in [1.54, 1.807) is 6.21 Å². The second kappa shape index (κ2) is 8.13. The number of fused-ring (bicyclic) bond motifs is 2. The zero-order valence-corrected chi connectivity index (χ0v) is 17.7. The van der Waals surface area contributed by atoms with Gasteiger partial charge in [0, 0.05) is 5.56 Å². The third kappa shape index (κ3) is 3.83. The molecule has 31 heavy (non-hydrogen) atoms. The SMILES string of the molecule is Cc1ccc2nc(N(/N=C/c3ccccc3)C(=O)c3cccc4ccccc34)sc2c1. The van der Waals surface area contributed by atoms with Crippen molar-refractivity contribution in [3.05, 3.63) is 108 Å². The van der Waals surface area contributed by atoms with E-state index in [4.69, 9.17) is 4.98 Å². The standard InChI is InChI=1S/C26H19N3OS/c1-18-14-15-23-24(16-18)31-26(28-23)29(27-17-19-8-3-2-4-9-19)25(30)22-13-7-11-20-10-5-6-12-21(20)22/h2-17H,1H3/b27-17+. The van der Waals surface area contributed by atoms with Crippen LogP contribution in [0.1, 0.15) is 21.5 Å². The molecule has 0 fully saturated rings. The highest BCUT2D eigenvalue weighted by atomic mass is 32.1. The number of hydrazone groups is 1. The summed E-state index contributed by atoms with van der Waals surface area (Å²) in [6.07, 6.45) is 1.69. The first kappa shape index (κ1) is 19.2. The lowest BCUT2D eigenvalue weighted by atomic mass is 10.0. The lowest BCUT2D eigenvalue weighted by Gasteiger charge is -2.15. The Morgan fingerprint density at radius 1 is 0.935 bits per heavy atom. The molecule has 5 rings (SSSR count). The molecule has 0 atom stereocenters. The third-order valence-electron chi connectivity index (χ3n) is 5.05. The number of thiazole rings is 1. The Morgan fingerprint density at radius 2 is 1.71 bits per heavy atom. The Labute approximate surface area is 184 Å². The van der Waals surface area contributed by atoms with Crippen LogP contribution in [0, 0.1) is 6.92 Å². The van der Waals surface area contributed by atoms with Crippen molar-refractivity contribution in [2.45, 2.75) is 6.92 Å². The van der Waals surface area contributed by atoms with Gasteiger partial charge in [0.15, 0.2) is 0 Å². The molecular weight excluding hydrogens is 402 g/mol. The van der Waals surface area contributed by atoms with Crippen LogP contribution in [-0.2, 0) is 0 Å². The second-order valence-electron chi connectivity index (χ2n) is 7.27. The van der Waals surface area contributed by atoms with Crippen molar-refractivity contribution in [2.24, 2.45) is 5.10 Å². The van der Waals surface area contributed by atoms with E-state index in [2.05, 4.69) is 11.2 Å². The monoisotopic (exact) mass is 421 g/mol. The number of hydrogen-bond acceptors (Lipinski definition) is 4. The maximum Gasteiger partial charge on any atom is 0.281 e. The summed E-state index contributed by atoms with van der Waals surface area (Å²) < 4.78 is 1.03. The highest BCUT2D eigenvalue weighted by Crippen LogP contribution is 2.31. The Balaban J connectivity index is 1.63. The summed E-state index contributed by atoms with van der Waals surface area (Å²) >= 11 is 1.46. The molecule has 150 valence electrons. The van der Waals surface area contributed by atoms with Crippen molar-refractivity contribution in [3.8, 4) is 0 Å². The van der Waals surface area contributed by atoms with Crippen molar-refractivity contribution in [1.82, 2.24) is 4.98 Å². The van der Waals surface area contributed by atoms with Gasteiger partial charge >= 0.3 is 0 Å². The van der Waals surface area contributed by atoms with E-state index in [1.165, 1.54) is 16.3 Å². The summed E-state index contributed by atoms with van der Waals surface area (Å²) in [5.74, 6) is -0.209. The van der Waals surface area contributed by atoms with E-state index in [0.29, 0.717) is 10.7 Å². The van der Waals surface area contributed by atoms with E-state index in [1.807, 2.05) is 91.9 Å². The van der Waals surface area contributed by atoms with E-state index in [0.717, 1.165) is 32.1 Å². The molecule has 5 heteroatoms. The third-order valence-corrected chi connectivity index (χ3v) is 6.04. The number of benzene rings is 4. The zero-order valence-electron chi connectivity index (χ0n) is 16.9. The van der Waals surface area contributed by atoms with Crippen LogP contribution >= 0.6 is 11.3 Å². The quantitative estimate of drug-likeness (QED) is 0.248. The van der Waals surface area contributed by atoms with Crippen LogP contribution in [0.5, 0.6) is 0 Å². The van der Waals surface area contributed by atoms with Crippen LogP contribution in [-0.4, -0.2) is 17.1 Å². The molecule has 1 heterocycles. The van der Waals surface area contributed by atoms with Gasteiger partial charge in [-0.25, -0.2) is 4.98 Å². The predicted molar refractivity (Wildman–Crippen MR) is 129 cm³/mol. The molecule has 0 saturated heterocycles. The molecular formula is C26H19N3OS. The smallest absolute Gasteiger partial charge is 0.267 e. The predicted octanol–water partition coefficient (Wildman–Crippen LogP) is 6.44. The summed E-state index contributed by atoms with van der Waals surface area (Å²) in [5, 5.41) is 8.44. The first-order chi connectivity index (χ1) is 15.2. The number of carbonyl (C=O) groups excluding carboxylic acids is 1. The van der Waals surface area contributed by atoms with Crippen LogP contribution in [0.15, 0.2) is 96.1 Å². The van der Waals surface area contributed by atoms with Crippen molar-refractivity contribution in [3.63, 3.8) is 0 Å². The number of hydrogen-bond donors (Lipinski definition) is 0. The van der Waals surface area contributed by atoms with Crippen LogP contribution in [0.3, 0.4) is 0 Å². The van der Waals surface area contributed by atoms with Gasteiger partial charge in [-0.15, -0.1) is 0 Å². The molecule has 0 saturated carbocycles. The molecule has 0 aliphatic rings. The highest BCUT2D eigenvalue weighted by molar-refractivity contribution is 7.22. The maximum absolute atomic E-state index is 13.7. The number of carbonyl (C=O) groups is 1. The molecule has 0 bridgehead atoms. The van der Waals surface area contributed by atoms with Crippen molar-refractivity contribution in [1.29, 1.82) is 0 Å². The molecule has 0 N–H and O–H groups in total. The Morgan fingerprint density at radius 3 is 2.58 bits per heavy atom. The van der Waals surface area contributed by atoms with Crippen LogP contribution < -0.4 is 5.01 Å². The fraction of sp³-hybridized carbons (Fsp3) is 0.0385. The van der Waals surface area contributed by atoms with Gasteiger partial charge in [-0.05, 0) is 47.0 Å². The highest BCUT2D eigenvalue weighted by Gasteiger charge is 2.22. The van der Waals surface area contributed by atoms with E-state index in [-0.39, 0.29) is 5.91 Å². The summed E-state index contributed by atoms with van der Waals surface area (Å²) in [7, 11) is 0. The van der Waals surface area contributed by atoms with Crippen molar-refractivity contribution in [2.75, 3.05) is 5.01 Å². The van der Waals surface area contributed by atoms with Gasteiger partial charge in [0.2, 0.25) is 5.13 Å². The van der Waals surface area contributed by atoms with Gasteiger partial charge < -0.3 is 0 Å². The minimum atomic E-state index is -0.209. The van der Waals surface area contributed by atoms with Crippen LogP contribution in [0.2, 0.25) is 0 Å². The van der Waals surface area contributed by atoms with Crippen molar-refractivity contribution < 1.29 is 4.79 Å². The number of aryl methyl sites for hydroxylation is 1. The number of amides is 1. The number of nitrogens with zero attached hydrogens (tertiary/aromatic N) is 3. The van der Waals surface area contributed by atoms with Crippen molar-refractivity contribution >= 4 is 49.6 Å². The first-order valence-electron chi connectivity index (χ1n) is 9.97. The van der Waals surface area contributed by atoms with Gasteiger partial charge in [0.25, 0.3) is 5.91 Å². The Bertz CT molecular complexity index is 1420. The van der Waals surface area contributed by atoms with E-state index < -0.39 is 0 Å². The van der Waals surface area contributed by atoms with Gasteiger partial charge in [-0.2, -0.15) is 10.1 Å². The molecule has 1 amide bonds.